The molecule has 0 saturated heterocycles. The average molecular weight is 387 g/mol. The second kappa shape index (κ2) is 9.99. The lowest BCUT2D eigenvalue weighted by Gasteiger charge is -2.34. The Labute approximate surface area is 160 Å². The third-order valence-electron chi connectivity index (χ3n) is 4.08. The molecular weight excluding hydrogens is 348 g/mol. The molecular formula is C19H38N2O4Si. The Hall–Kier alpha value is -1.50. The molecule has 6 nitrogen and oxygen atoms in total. The van der Waals surface area contributed by atoms with Crippen LogP contribution in [0.5, 0.6) is 0 Å². The van der Waals surface area contributed by atoms with E-state index in [1.54, 1.807) is 14.0 Å². The Morgan fingerprint density at radius 2 is 1.77 bits per heavy atom. The van der Waals surface area contributed by atoms with Gasteiger partial charge in [0.25, 0.3) is 0 Å². The zero-order valence-corrected chi connectivity index (χ0v) is 18.9. The molecule has 0 aliphatic rings. The van der Waals surface area contributed by atoms with Crippen LogP contribution in [0.2, 0.25) is 25.7 Å². The molecule has 26 heavy (non-hydrogen) atoms. The summed E-state index contributed by atoms with van der Waals surface area (Å²) in [4.78, 5) is 26.7. The summed E-state index contributed by atoms with van der Waals surface area (Å²) in [7, 11) is 0.387. The largest absolute Gasteiger partial charge is 0.465 e. The first-order valence-electron chi connectivity index (χ1n) is 9.19. The maximum Gasteiger partial charge on any atom is 0.411 e. The lowest BCUT2D eigenvalue weighted by molar-refractivity contribution is 0.0940. The number of ether oxygens (including phenoxy) is 1. The van der Waals surface area contributed by atoms with Gasteiger partial charge in [-0.1, -0.05) is 47.0 Å². The highest BCUT2D eigenvalue weighted by molar-refractivity contribution is 6.76. The number of carbonyl (C=O) groups is 2. The Kier molecular flexibility index (Phi) is 9.42. The smallest absolute Gasteiger partial charge is 0.411 e. The maximum atomic E-state index is 12.3. The Morgan fingerprint density at radius 1 is 1.23 bits per heavy atom. The summed E-state index contributed by atoms with van der Waals surface area (Å²) in [5.41, 5.74) is 0.533. The van der Waals surface area contributed by atoms with Gasteiger partial charge in [-0.15, -0.1) is 0 Å². The second-order valence-electron chi connectivity index (χ2n) is 9.45. The van der Waals surface area contributed by atoms with Gasteiger partial charge in [-0.2, -0.15) is 0 Å². The fraction of sp³-hybridized carbons (Fsp3) is 0.789. The second-order valence-corrected chi connectivity index (χ2v) is 15.1. The minimum atomic E-state index is -1.27. The summed E-state index contributed by atoms with van der Waals surface area (Å²) in [5, 5.41) is 9.56. The zero-order chi connectivity index (χ0) is 20.7. The van der Waals surface area contributed by atoms with Crippen LogP contribution in [0.25, 0.3) is 0 Å². The molecule has 0 fully saturated rings. The molecule has 0 aromatic rings. The van der Waals surface area contributed by atoms with Crippen LogP contribution in [0, 0.1) is 5.41 Å². The normalized spacial score (nSPS) is 13.1. The predicted octanol–water partition coefficient (Wildman–Crippen LogP) is 5.10. The van der Waals surface area contributed by atoms with E-state index in [2.05, 4.69) is 47.0 Å². The van der Waals surface area contributed by atoms with Crippen LogP contribution in [-0.4, -0.2) is 61.4 Å². The molecule has 2 amide bonds. The van der Waals surface area contributed by atoms with E-state index in [0.717, 1.165) is 12.5 Å². The number of hydrogen-bond acceptors (Lipinski definition) is 3. The van der Waals surface area contributed by atoms with Crippen molar-refractivity contribution in [3.05, 3.63) is 12.3 Å². The summed E-state index contributed by atoms with van der Waals surface area (Å²) < 4.78 is 5.36. The van der Waals surface area contributed by atoms with Gasteiger partial charge in [-0.25, -0.2) is 9.59 Å². The molecule has 1 atom stereocenters. The van der Waals surface area contributed by atoms with Crippen LogP contribution in [0.15, 0.2) is 12.3 Å². The van der Waals surface area contributed by atoms with Gasteiger partial charge >= 0.3 is 12.2 Å². The van der Waals surface area contributed by atoms with Crippen LogP contribution in [0.3, 0.4) is 0 Å². The van der Waals surface area contributed by atoms with Crippen LogP contribution in [-0.2, 0) is 4.74 Å². The highest BCUT2D eigenvalue weighted by atomic mass is 28.3. The first-order chi connectivity index (χ1) is 11.6. The van der Waals surface area contributed by atoms with Gasteiger partial charge in [-0.3, -0.25) is 4.90 Å². The van der Waals surface area contributed by atoms with Crippen LogP contribution < -0.4 is 0 Å². The monoisotopic (exact) mass is 386 g/mol. The quantitative estimate of drug-likeness (QED) is 0.560. The first kappa shape index (κ1) is 24.5. The van der Waals surface area contributed by atoms with Crippen molar-refractivity contribution in [2.24, 2.45) is 5.41 Å². The summed E-state index contributed by atoms with van der Waals surface area (Å²) in [6.45, 7) is 19.2. The first-order valence-corrected chi connectivity index (χ1v) is 12.9. The van der Waals surface area contributed by atoms with Crippen molar-refractivity contribution >= 4 is 20.3 Å². The van der Waals surface area contributed by atoms with E-state index in [1.165, 1.54) is 9.80 Å². The standard InChI is InChI=1S/C19H38N2O4Si/c1-15(2)21(17(22)23)16(10-11-19(3,4)5)14-20(6)18(24)25-12-13-26(7,8)9/h16H,1,10-14H2,2-9H3,(H,22,23)/t16-/m0/s1. The molecule has 7 heteroatoms. The molecule has 0 aromatic heterocycles. The number of carboxylic acid groups (broad SMARTS) is 1. The van der Waals surface area contributed by atoms with Crippen molar-refractivity contribution in [2.75, 3.05) is 20.2 Å². The van der Waals surface area contributed by atoms with Gasteiger partial charge in [-0.05, 0) is 31.2 Å². The highest BCUT2D eigenvalue weighted by Gasteiger charge is 2.28. The molecule has 0 aliphatic heterocycles. The molecule has 0 bridgehead atoms. The minimum absolute atomic E-state index is 0.0773. The molecule has 0 unspecified atom stereocenters. The van der Waals surface area contributed by atoms with Crippen molar-refractivity contribution in [1.29, 1.82) is 0 Å². The number of allylic oxidation sites excluding steroid dienone is 1. The Balaban J connectivity index is 5.00. The summed E-state index contributed by atoms with van der Waals surface area (Å²) in [5.74, 6) is 0. The SMILES string of the molecule is C=C(C)N(C(=O)O)[C@@H](CCC(C)(C)C)CN(C)C(=O)OCC[Si](C)(C)C. The Bertz CT molecular complexity index is 481. The van der Waals surface area contributed by atoms with Crippen molar-refractivity contribution in [3.8, 4) is 0 Å². The molecule has 0 heterocycles. The minimum Gasteiger partial charge on any atom is -0.465 e. The molecule has 0 aromatic carbocycles. The van der Waals surface area contributed by atoms with E-state index in [1.807, 2.05) is 0 Å². The molecule has 1 N–H and O–H groups in total. The van der Waals surface area contributed by atoms with Crippen molar-refractivity contribution < 1.29 is 19.4 Å². The maximum absolute atomic E-state index is 12.3. The van der Waals surface area contributed by atoms with Crippen molar-refractivity contribution in [3.63, 3.8) is 0 Å². The van der Waals surface area contributed by atoms with Crippen molar-refractivity contribution in [1.82, 2.24) is 9.80 Å². The van der Waals surface area contributed by atoms with E-state index in [4.69, 9.17) is 4.74 Å². The van der Waals surface area contributed by atoms with E-state index in [9.17, 15) is 14.7 Å². The average Bonchev–Trinajstić information content (AvgIpc) is 2.41. The summed E-state index contributed by atoms with van der Waals surface area (Å²) in [6, 6.07) is 0.561. The van der Waals surface area contributed by atoms with Crippen LogP contribution in [0.4, 0.5) is 9.59 Å². The molecule has 0 saturated carbocycles. The number of likely N-dealkylation sites (N-methyl/N-ethyl adjacent to an activating group) is 1. The molecule has 152 valence electrons. The zero-order valence-electron chi connectivity index (χ0n) is 17.9. The fourth-order valence-electron chi connectivity index (χ4n) is 2.48. The van der Waals surface area contributed by atoms with E-state index in [-0.39, 0.29) is 18.0 Å². The number of rotatable bonds is 9. The van der Waals surface area contributed by atoms with Gasteiger partial charge in [0.2, 0.25) is 0 Å². The lowest BCUT2D eigenvalue weighted by atomic mass is 9.88. The van der Waals surface area contributed by atoms with E-state index >= 15 is 0 Å². The van der Waals surface area contributed by atoms with Gasteiger partial charge in [0.05, 0.1) is 12.6 Å². The van der Waals surface area contributed by atoms with E-state index in [0.29, 0.717) is 18.7 Å². The number of nitrogens with zero attached hydrogens (tertiary/aromatic N) is 2. The molecule has 0 aliphatic carbocycles. The van der Waals surface area contributed by atoms with Crippen LogP contribution >= 0.6 is 0 Å². The van der Waals surface area contributed by atoms with Gasteiger partial charge in [0.15, 0.2) is 0 Å². The molecule has 0 rings (SSSR count). The molecule has 0 radical (unpaired) electrons. The summed E-state index contributed by atoms with van der Waals surface area (Å²) in [6.07, 6.45) is 0.0376. The summed E-state index contributed by atoms with van der Waals surface area (Å²) >= 11 is 0. The number of amides is 2. The number of hydrogen-bond donors (Lipinski definition) is 1. The molecule has 0 spiro atoms. The van der Waals surface area contributed by atoms with Gasteiger partial charge in [0.1, 0.15) is 0 Å². The van der Waals surface area contributed by atoms with Gasteiger partial charge < -0.3 is 14.7 Å². The van der Waals surface area contributed by atoms with E-state index < -0.39 is 20.3 Å². The number of carbonyl (C=O) groups excluding carboxylic acids is 1. The van der Waals surface area contributed by atoms with Gasteiger partial charge in [0, 0.05) is 27.4 Å². The lowest BCUT2D eigenvalue weighted by Crippen LogP contribution is -2.46. The third-order valence-corrected chi connectivity index (χ3v) is 5.79. The fourth-order valence-corrected chi connectivity index (χ4v) is 3.19. The topological polar surface area (TPSA) is 70.1 Å². The van der Waals surface area contributed by atoms with Crippen molar-refractivity contribution in [2.45, 2.75) is 72.3 Å². The van der Waals surface area contributed by atoms with Crippen LogP contribution in [0.1, 0.15) is 40.5 Å². The predicted molar refractivity (Wildman–Crippen MR) is 109 cm³/mol. The third kappa shape index (κ3) is 10.5. The Morgan fingerprint density at radius 3 is 2.15 bits per heavy atom. The highest BCUT2D eigenvalue weighted by Crippen LogP contribution is 2.25.